The number of rotatable bonds is 0. The largest absolute Gasteiger partial charge is 0.327 e. The third-order valence-electron chi connectivity index (χ3n) is 3.78. The van der Waals surface area contributed by atoms with E-state index >= 15 is 0 Å². The zero-order valence-corrected chi connectivity index (χ0v) is 11.2. The van der Waals surface area contributed by atoms with E-state index in [4.69, 9.17) is 0 Å². The molecule has 0 atom stereocenters. The number of carbonyl (C=O) groups excluding carboxylic acids is 1. The topological polar surface area (TPSA) is 51.1 Å². The van der Waals surface area contributed by atoms with Crippen LogP contribution in [0.15, 0.2) is 15.3 Å². The smallest absolute Gasteiger partial charge is 0.272 e. The van der Waals surface area contributed by atoms with E-state index in [1.165, 1.54) is 4.57 Å². The maximum Gasteiger partial charge on any atom is 0.272 e. The minimum absolute atomic E-state index is 0.134. The lowest BCUT2D eigenvalue weighted by Crippen LogP contribution is -2.48. The predicted molar refractivity (Wildman–Crippen MR) is 66.9 cm³/mol. The second-order valence-electron chi connectivity index (χ2n) is 4.88. The first-order chi connectivity index (χ1) is 8.55. The molecule has 1 aliphatic heterocycles. The van der Waals surface area contributed by atoms with E-state index in [0.29, 0.717) is 12.8 Å². The number of hydrogen-bond donors (Lipinski definition) is 1. The Morgan fingerprint density at radius 3 is 2.61 bits per heavy atom. The lowest BCUT2D eigenvalue weighted by atomic mass is 9.89. The highest BCUT2D eigenvalue weighted by Crippen LogP contribution is 2.37. The molecule has 0 saturated heterocycles. The number of nitrogens with one attached hydrogen (secondary N) is 1. The number of nitrogens with zero attached hydrogens (tertiary/aromatic N) is 1. The highest BCUT2D eigenvalue weighted by atomic mass is 79.9. The van der Waals surface area contributed by atoms with Gasteiger partial charge in [-0.15, -0.1) is 0 Å². The monoisotopic (exact) mass is 314 g/mol. The van der Waals surface area contributed by atoms with E-state index in [1.54, 1.807) is 0 Å². The van der Waals surface area contributed by atoms with Crippen molar-refractivity contribution in [3.05, 3.63) is 32.4 Å². The summed E-state index contributed by atoms with van der Waals surface area (Å²) in [4.78, 5) is 24.1. The van der Waals surface area contributed by atoms with Crippen molar-refractivity contribution in [1.29, 1.82) is 0 Å². The van der Waals surface area contributed by atoms with Gasteiger partial charge >= 0.3 is 0 Å². The maximum atomic E-state index is 13.9. The fourth-order valence-electron chi connectivity index (χ4n) is 2.99. The van der Waals surface area contributed by atoms with Crippen molar-refractivity contribution in [1.82, 2.24) is 9.88 Å². The number of carbonyl (C=O) groups is 1. The number of hydrogen-bond acceptors (Lipinski definition) is 2. The number of fused-ring (bicyclic) bond motifs is 2. The predicted octanol–water partition coefficient (Wildman–Crippen LogP) is 2.11. The third-order valence-corrected chi connectivity index (χ3v) is 4.35. The first-order valence-corrected chi connectivity index (χ1v) is 6.78. The molecule has 0 unspecified atom stereocenters. The number of pyridine rings is 1. The second kappa shape index (κ2) is 3.91. The molecule has 4 nitrogen and oxygen atoms in total. The van der Waals surface area contributed by atoms with Gasteiger partial charge in [-0.05, 0) is 47.7 Å². The molecule has 2 aliphatic rings. The Hall–Kier alpha value is -1.17. The average molecular weight is 315 g/mol. The van der Waals surface area contributed by atoms with Crippen molar-refractivity contribution < 1.29 is 9.18 Å². The zero-order valence-electron chi connectivity index (χ0n) is 9.63. The fourth-order valence-corrected chi connectivity index (χ4v) is 3.36. The summed E-state index contributed by atoms with van der Waals surface area (Å²) >= 11 is 3.06. The van der Waals surface area contributed by atoms with Gasteiger partial charge in [0.05, 0.1) is 4.47 Å². The summed E-state index contributed by atoms with van der Waals surface area (Å²) in [5.41, 5.74) is -1.19. The van der Waals surface area contributed by atoms with Gasteiger partial charge in [0.1, 0.15) is 11.4 Å². The molecule has 6 heteroatoms. The van der Waals surface area contributed by atoms with Crippen LogP contribution in [0.4, 0.5) is 4.39 Å². The molecule has 0 aromatic carbocycles. The van der Waals surface area contributed by atoms with Crippen LogP contribution in [-0.2, 0) is 5.66 Å². The van der Waals surface area contributed by atoms with E-state index in [9.17, 15) is 14.0 Å². The number of aromatic nitrogens is 1. The van der Waals surface area contributed by atoms with Gasteiger partial charge in [-0.1, -0.05) is 6.42 Å². The molecule has 3 rings (SSSR count). The summed E-state index contributed by atoms with van der Waals surface area (Å²) in [5.74, 6) is -1.14. The van der Waals surface area contributed by atoms with Crippen LogP contribution in [0.3, 0.4) is 0 Å². The Balaban J connectivity index is 2.29. The van der Waals surface area contributed by atoms with E-state index in [0.717, 1.165) is 25.3 Å². The van der Waals surface area contributed by atoms with Gasteiger partial charge in [0.15, 0.2) is 5.82 Å². The van der Waals surface area contributed by atoms with E-state index in [-0.39, 0.29) is 15.7 Å². The Bertz CT molecular complexity index is 590. The normalized spacial score (nSPS) is 20.9. The standard InChI is InChI=1S/C12H12BrFN2O2/c13-7-6-8(14)9-10(17)15-12(16(9)11(7)18)4-2-1-3-5-12/h6H,1-5H2,(H,15,17). The van der Waals surface area contributed by atoms with E-state index in [2.05, 4.69) is 21.2 Å². The van der Waals surface area contributed by atoms with E-state index < -0.39 is 17.4 Å². The molecule has 1 spiro atoms. The molecular weight excluding hydrogens is 303 g/mol. The Labute approximate surface area is 111 Å². The molecule has 1 aliphatic carbocycles. The third kappa shape index (κ3) is 1.48. The van der Waals surface area contributed by atoms with Crippen LogP contribution in [0.2, 0.25) is 0 Å². The maximum absolute atomic E-state index is 13.9. The second-order valence-corrected chi connectivity index (χ2v) is 5.73. The summed E-state index contributed by atoms with van der Waals surface area (Å²) in [6.07, 6.45) is 4.31. The van der Waals surface area contributed by atoms with E-state index in [1.807, 2.05) is 0 Å². The minimum Gasteiger partial charge on any atom is -0.327 e. The first kappa shape index (κ1) is 11.9. The van der Waals surface area contributed by atoms with Crippen LogP contribution < -0.4 is 10.9 Å². The number of halogens is 2. The molecule has 1 aromatic heterocycles. The molecule has 18 heavy (non-hydrogen) atoms. The van der Waals surface area contributed by atoms with Gasteiger partial charge in [0, 0.05) is 0 Å². The summed E-state index contributed by atoms with van der Waals surface area (Å²) in [7, 11) is 0. The Morgan fingerprint density at radius 2 is 1.94 bits per heavy atom. The van der Waals surface area contributed by atoms with Gasteiger partial charge in [-0.3, -0.25) is 14.2 Å². The van der Waals surface area contributed by atoms with Gasteiger partial charge in [0.25, 0.3) is 11.5 Å². The van der Waals surface area contributed by atoms with Crippen LogP contribution in [0.1, 0.15) is 42.6 Å². The Kier molecular flexibility index (Phi) is 2.59. The molecule has 1 amide bonds. The zero-order chi connectivity index (χ0) is 12.9. The van der Waals surface area contributed by atoms with Crippen molar-refractivity contribution in [2.24, 2.45) is 0 Å². The van der Waals surface area contributed by atoms with Crippen molar-refractivity contribution in [2.45, 2.75) is 37.8 Å². The lowest BCUT2D eigenvalue weighted by Gasteiger charge is -2.35. The summed E-state index contributed by atoms with van der Waals surface area (Å²) < 4.78 is 15.3. The van der Waals surface area contributed by atoms with Gasteiger partial charge < -0.3 is 5.32 Å². The van der Waals surface area contributed by atoms with Crippen molar-refractivity contribution >= 4 is 21.8 Å². The van der Waals surface area contributed by atoms with Crippen LogP contribution in [0.25, 0.3) is 0 Å². The van der Waals surface area contributed by atoms with Crippen LogP contribution in [0, 0.1) is 5.82 Å². The first-order valence-electron chi connectivity index (χ1n) is 5.99. The van der Waals surface area contributed by atoms with Gasteiger partial charge in [-0.25, -0.2) is 4.39 Å². The molecule has 2 heterocycles. The molecule has 96 valence electrons. The average Bonchev–Trinajstić information content (AvgIpc) is 2.60. The van der Waals surface area contributed by atoms with Gasteiger partial charge in [0.2, 0.25) is 0 Å². The van der Waals surface area contributed by atoms with Crippen molar-refractivity contribution in [3.63, 3.8) is 0 Å². The summed E-state index contributed by atoms with van der Waals surface area (Å²) in [6.45, 7) is 0. The molecule has 0 bridgehead atoms. The van der Waals surface area contributed by atoms with Gasteiger partial charge in [-0.2, -0.15) is 0 Å². The number of amides is 1. The highest BCUT2D eigenvalue weighted by Gasteiger charge is 2.45. The van der Waals surface area contributed by atoms with Crippen LogP contribution in [-0.4, -0.2) is 10.5 Å². The minimum atomic E-state index is -0.716. The van der Waals surface area contributed by atoms with Crippen LogP contribution >= 0.6 is 15.9 Å². The SMILES string of the molecule is O=C1NC2(CCCCC2)n2c1c(F)cc(Br)c2=O. The molecule has 1 aromatic rings. The quantitative estimate of drug-likeness (QED) is 0.797. The summed E-state index contributed by atoms with van der Waals surface area (Å²) in [5, 5.41) is 2.81. The fraction of sp³-hybridized carbons (Fsp3) is 0.500. The lowest BCUT2D eigenvalue weighted by molar-refractivity contribution is 0.0875. The molecule has 1 saturated carbocycles. The Morgan fingerprint density at radius 1 is 1.28 bits per heavy atom. The molecular formula is C12H12BrFN2O2. The summed E-state index contributed by atoms with van der Waals surface area (Å²) in [6, 6.07) is 1.07. The van der Waals surface area contributed by atoms with Crippen molar-refractivity contribution in [3.8, 4) is 0 Å². The highest BCUT2D eigenvalue weighted by molar-refractivity contribution is 9.10. The molecule has 1 N–H and O–H groups in total. The molecule has 0 radical (unpaired) electrons. The van der Waals surface area contributed by atoms with Crippen LogP contribution in [0.5, 0.6) is 0 Å². The molecule has 1 fully saturated rings. The van der Waals surface area contributed by atoms with Crippen molar-refractivity contribution in [2.75, 3.05) is 0 Å².